The number of nitrogens with zero attached hydrogens (tertiary/aromatic N) is 1. The lowest BCUT2D eigenvalue weighted by Crippen LogP contribution is -2.50. The van der Waals surface area contributed by atoms with Gasteiger partial charge in [0, 0.05) is 24.4 Å². The minimum absolute atomic E-state index is 0.0783. The Morgan fingerprint density at radius 3 is 2.83 bits per heavy atom. The highest BCUT2D eigenvalue weighted by molar-refractivity contribution is 7.10. The molecule has 3 rings (SSSR count). The molecular weight excluding hydrogens is 308 g/mol. The molecule has 2 heterocycles. The topological polar surface area (TPSA) is 49.4 Å². The average Bonchev–Trinajstić information content (AvgIpc) is 3.07. The van der Waals surface area contributed by atoms with Crippen LogP contribution >= 0.6 is 11.3 Å². The Kier molecular flexibility index (Phi) is 5.36. The highest BCUT2D eigenvalue weighted by Gasteiger charge is 2.36. The number of hydrogen-bond donors (Lipinski definition) is 1. The number of hydrogen-bond acceptors (Lipinski definition) is 3. The van der Waals surface area contributed by atoms with Crippen LogP contribution in [-0.2, 0) is 9.59 Å². The normalized spacial score (nSPS) is 25.5. The van der Waals surface area contributed by atoms with Gasteiger partial charge in [-0.25, -0.2) is 0 Å². The van der Waals surface area contributed by atoms with Crippen molar-refractivity contribution in [2.45, 2.75) is 64.0 Å². The lowest BCUT2D eigenvalue weighted by Gasteiger charge is -2.44. The second-order valence-corrected chi connectivity index (χ2v) is 7.79. The van der Waals surface area contributed by atoms with Gasteiger partial charge in [-0.2, -0.15) is 0 Å². The number of amides is 2. The van der Waals surface area contributed by atoms with Gasteiger partial charge in [0.05, 0.1) is 12.5 Å². The Balaban J connectivity index is 1.69. The van der Waals surface area contributed by atoms with E-state index in [1.54, 1.807) is 11.3 Å². The first kappa shape index (κ1) is 16.5. The number of piperidine rings is 1. The van der Waals surface area contributed by atoms with Gasteiger partial charge >= 0.3 is 0 Å². The van der Waals surface area contributed by atoms with E-state index in [1.165, 1.54) is 32.6 Å². The molecule has 126 valence electrons. The summed E-state index contributed by atoms with van der Waals surface area (Å²) in [6.45, 7) is 2.40. The third kappa shape index (κ3) is 3.94. The van der Waals surface area contributed by atoms with Crippen LogP contribution < -0.4 is 5.32 Å². The molecule has 0 radical (unpaired) electrons. The van der Waals surface area contributed by atoms with E-state index in [4.69, 9.17) is 0 Å². The van der Waals surface area contributed by atoms with Crippen LogP contribution in [0.3, 0.4) is 0 Å². The summed E-state index contributed by atoms with van der Waals surface area (Å²) in [4.78, 5) is 27.6. The zero-order valence-corrected chi connectivity index (χ0v) is 14.6. The van der Waals surface area contributed by atoms with E-state index in [2.05, 4.69) is 10.2 Å². The molecule has 3 atom stereocenters. The van der Waals surface area contributed by atoms with E-state index in [0.29, 0.717) is 18.4 Å². The van der Waals surface area contributed by atoms with Gasteiger partial charge in [-0.15, -0.1) is 11.3 Å². The van der Waals surface area contributed by atoms with E-state index < -0.39 is 0 Å². The Morgan fingerprint density at radius 2 is 2.09 bits per heavy atom. The highest BCUT2D eigenvalue weighted by Crippen LogP contribution is 2.36. The Bertz CT molecular complexity index is 541. The molecule has 2 aliphatic rings. The maximum atomic E-state index is 12.9. The maximum absolute atomic E-state index is 12.9. The van der Waals surface area contributed by atoms with Crippen LogP contribution in [0.1, 0.15) is 62.8 Å². The molecule has 4 nitrogen and oxygen atoms in total. The van der Waals surface area contributed by atoms with Crippen LogP contribution in [0, 0.1) is 5.92 Å². The van der Waals surface area contributed by atoms with Crippen molar-refractivity contribution in [3.8, 4) is 0 Å². The van der Waals surface area contributed by atoms with Crippen LogP contribution in [0.2, 0.25) is 0 Å². The number of fused-ring (bicyclic) bond motifs is 1. The monoisotopic (exact) mass is 334 g/mol. The minimum Gasteiger partial charge on any atom is -0.348 e. The van der Waals surface area contributed by atoms with Crippen LogP contribution in [0.25, 0.3) is 0 Å². The molecule has 5 heteroatoms. The summed E-state index contributed by atoms with van der Waals surface area (Å²) in [7, 11) is 0. The second kappa shape index (κ2) is 7.47. The van der Waals surface area contributed by atoms with Gasteiger partial charge in [0.1, 0.15) is 0 Å². The molecule has 0 bridgehead atoms. The standard InChI is InChI=1S/C18H26N2O2S/c1-13(21)19-15(17-9-5-11-23-17)12-18(22)20-10-4-7-14-6-2-3-8-16(14)20/h5,9,11,14-16H,2-4,6-8,10,12H2,1H3,(H,19,21). The number of thiophene rings is 1. The fourth-order valence-corrected chi connectivity index (χ4v) is 4.96. The minimum atomic E-state index is -0.191. The summed E-state index contributed by atoms with van der Waals surface area (Å²) in [6.07, 6.45) is 7.75. The molecule has 2 fully saturated rings. The van der Waals surface area contributed by atoms with Crippen molar-refractivity contribution in [2.75, 3.05) is 6.54 Å². The molecule has 2 amide bonds. The van der Waals surface area contributed by atoms with Crippen LogP contribution in [0.4, 0.5) is 0 Å². The van der Waals surface area contributed by atoms with Crippen LogP contribution in [0.5, 0.6) is 0 Å². The predicted molar refractivity (Wildman–Crippen MR) is 92.2 cm³/mol. The van der Waals surface area contributed by atoms with E-state index in [0.717, 1.165) is 24.3 Å². The molecule has 23 heavy (non-hydrogen) atoms. The van der Waals surface area contributed by atoms with Gasteiger partial charge in [0.2, 0.25) is 11.8 Å². The van der Waals surface area contributed by atoms with Crippen LogP contribution in [0.15, 0.2) is 17.5 Å². The maximum Gasteiger partial charge on any atom is 0.225 e. The summed E-state index contributed by atoms with van der Waals surface area (Å²) in [6, 6.07) is 4.21. The van der Waals surface area contributed by atoms with Crippen molar-refractivity contribution in [3.63, 3.8) is 0 Å². The van der Waals surface area contributed by atoms with Crippen molar-refractivity contribution in [1.82, 2.24) is 10.2 Å². The quantitative estimate of drug-likeness (QED) is 0.916. The molecule has 0 aromatic carbocycles. The van der Waals surface area contributed by atoms with E-state index in [1.807, 2.05) is 17.5 Å². The van der Waals surface area contributed by atoms with Crippen molar-refractivity contribution < 1.29 is 9.59 Å². The van der Waals surface area contributed by atoms with Gasteiger partial charge in [-0.05, 0) is 43.0 Å². The first-order valence-electron chi connectivity index (χ1n) is 8.75. The lowest BCUT2D eigenvalue weighted by atomic mass is 9.78. The summed E-state index contributed by atoms with van der Waals surface area (Å²) in [5.41, 5.74) is 0. The first-order valence-corrected chi connectivity index (χ1v) is 9.63. The van der Waals surface area contributed by atoms with Crippen molar-refractivity contribution >= 4 is 23.2 Å². The molecular formula is C18H26N2O2S. The predicted octanol–water partition coefficient (Wildman–Crippen LogP) is 3.50. The first-order chi connectivity index (χ1) is 11.1. The zero-order chi connectivity index (χ0) is 16.2. The second-order valence-electron chi connectivity index (χ2n) is 6.81. The lowest BCUT2D eigenvalue weighted by molar-refractivity contribution is -0.138. The van der Waals surface area contributed by atoms with Crippen molar-refractivity contribution in [2.24, 2.45) is 5.92 Å². The summed E-state index contributed by atoms with van der Waals surface area (Å²) >= 11 is 1.60. The summed E-state index contributed by atoms with van der Waals surface area (Å²) in [5.74, 6) is 0.821. The number of rotatable bonds is 4. The number of nitrogens with one attached hydrogen (secondary N) is 1. The number of carbonyl (C=O) groups excluding carboxylic acids is 2. The van der Waals surface area contributed by atoms with E-state index in [-0.39, 0.29) is 17.9 Å². The highest BCUT2D eigenvalue weighted by atomic mass is 32.1. The Labute approximate surface area is 142 Å². The molecule has 3 unspecified atom stereocenters. The molecule has 1 aromatic heterocycles. The van der Waals surface area contributed by atoms with Crippen molar-refractivity contribution in [3.05, 3.63) is 22.4 Å². The third-order valence-electron chi connectivity index (χ3n) is 5.21. The average molecular weight is 334 g/mol. The van der Waals surface area contributed by atoms with E-state index in [9.17, 15) is 9.59 Å². The molecule has 1 aromatic rings. The molecule has 1 N–H and O–H groups in total. The largest absolute Gasteiger partial charge is 0.348 e. The summed E-state index contributed by atoms with van der Waals surface area (Å²) in [5, 5.41) is 4.94. The number of carbonyl (C=O) groups is 2. The summed E-state index contributed by atoms with van der Waals surface area (Å²) < 4.78 is 0. The molecule has 1 aliphatic carbocycles. The van der Waals surface area contributed by atoms with Gasteiger partial charge in [-0.3, -0.25) is 9.59 Å². The molecule has 0 spiro atoms. The van der Waals surface area contributed by atoms with Gasteiger partial charge in [0.15, 0.2) is 0 Å². The number of likely N-dealkylation sites (tertiary alicyclic amines) is 1. The fraction of sp³-hybridized carbons (Fsp3) is 0.667. The smallest absolute Gasteiger partial charge is 0.225 e. The molecule has 1 aliphatic heterocycles. The Hall–Kier alpha value is -1.36. The Morgan fingerprint density at radius 1 is 1.30 bits per heavy atom. The zero-order valence-electron chi connectivity index (χ0n) is 13.8. The van der Waals surface area contributed by atoms with Crippen molar-refractivity contribution in [1.29, 1.82) is 0 Å². The third-order valence-corrected chi connectivity index (χ3v) is 6.19. The molecule has 1 saturated heterocycles. The molecule has 1 saturated carbocycles. The van der Waals surface area contributed by atoms with Gasteiger partial charge in [-0.1, -0.05) is 18.9 Å². The van der Waals surface area contributed by atoms with Gasteiger partial charge < -0.3 is 10.2 Å². The fourth-order valence-electron chi connectivity index (χ4n) is 4.18. The SMILES string of the molecule is CC(=O)NC(CC(=O)N1CCCC2CCCCC21)c1cccs1. The van der Waals surface area contributed by atoms with Gasteiger partial charge in [0.25, 0.3) is 0 Å². The van der Waals surface area contributed by atoms with E-state index >= 15 is 0 Å². The van der Waals surface area contributed by atoms with Crippen LogP contribution in [-0.4, -0.2) is 29.3 Å².